The van der Waals surface area contributed by atoms with Crippen LogP contribution in [0.1, 0.15) is 66.0 Å². The first kappa shape index (κ1) is 26.8. The van der Waals surface area contributed by atoms with Crippen LogP contribution in [0.25, 0.3) is 10.6 Å². The summed E-state index contributed by atoms with van der Waals surface area (Å²) in [5, 5.41) is 13.4. The van der Waals surface area contributed by atoms with Gasteiger partial charge in [0.25, 0.3) is 5.91 Å². The molecule has 1 aliphatic rings. The van der Waals surface area contributed by atoms with Gasteiger partial charge in [-0.25, -0.2) is 9.78 Å². The van der Waals surface area contributed by atoms with Crippen molar-refractivity contribution in [1.29, 1.82) is 0 Å². The molecular formula is C29H34N2O5S. The summed E-state index contributed by atoms with van der Waals surface area (Å²) in [7, 11) is 0. The highest BCUT2D eigenvalue weighted by Gasteiger charge is 2.23. The van der Waals surface area contributed by atoms with Crippen molar-refractivity contribution < 1.29 is 24.2 Å². The maximum atomic E-state index is 13.1. The van der Waals surface area contributed by atoms with Gasteiger partial charge in [-0.3, -0.25) is 4.79 Å². The number of amides is 1. The first-order chi connectivity index (χ1) is 17.8. The molecule has 1 aliphatic carbocycles. The minimum atomic E-state index is -0.996. The molecule has 8 heteroatoms. The largest absolute Gasteiger partial charge is 0.490 e. The fourth-order valence-corrected chi connectivity index (χ4v) is 5.49. The van der Waals surface area contributed by atoms with Crippen molar-refractivity contribution in [2.45, 2.75) is 77.7 Å². The molecule has 1 atom stereocenters. The fraction of sp³-hybridized carbons (Fsp3) is 0.414. The molecule has 2 aromatic carbocycles. The number of thiazole rings is 1. The fourth-order valence-electron chi connectivity index (χ4n) is 4.50. The number of carboxylic acids is 1. The second-order valence-electron chi connectivity index (χ2n) is 9.66. The molecule has 0 saturated heterocycles. The third-order valence-electron chi connectivity index (χ3n) is 6.32. The molecule has 1 amide bonds. The Morgan fingerprint density at radius 3 is 2.54 bits per heavy atom. The molecule has 7 nitrogen and oxygen atoms in total. The van der Waals surface area contributed by atoms with Crippen LogP contribution in [0.3, 0.4) is 0 Å². The number of hydrogen-bond acceptors (Lipinski definition) is 6. The maximum Gasteiger partial charge on any atom is 0.333 e. The van der Waals surface area contributed by atoms with Crippen molar-refractivity contribution in [1.82, 2.24) is 10.3 Å². The third-order valence-corrected chi connectivity index (χ3v) is 7.52. The summed E-state index contributed by atoms with van der Waals surface area (Å²) >= 11 is 1.37. The lowest BCUT2D eigenvalue weighted by Gasteiger charge is -2.20. The number of carbonyl (C=O) groups excluding carboxylic acids is 1. The maximum absolute atomic E-state index is 13.1. The molecule has 1 aromatic heterocycles. The number of aromatic nitrogens is 1. The van der Waals surface area contributed by atoms with E-state index in [1.54, 1.807) is 0 Å². The summed E-state index contributed by atoms with van der Waals surface area (Å²) in [6.07, 6.45) is 3.57. The molecule has 4 rings (SSSR count). The summed E-state index contributed by atoms with van der Waals surface area (Å²) in [6.45, 7) is 5.74. The predicted octanol–water partition coefficient (Wildman–Crippen LogP) is 5.79. The van der Waals surface area contributed by atoms with Crippen molar-refractivity contribution in [3.63, 3.8) is 0 Å². The van der Waals surface area contributed by atoms with Crippen molar-refractivity contribution in [3.05, 3.63) is 70.2 Å². The van der Waals surface area contributed by atoms with Crippen LogP contribution < -0.4 is 10.1 Å². The van der Waals surface area contributed by atoms with E-state index in [2.05, 4.69) is 10.3 Å². The van der Waals surface area contributed by atoms with Crippen LogP contribution >= 0.6 is 11.3 Å². The molecule has 1 heterocycles. The summed E-state index contributed by atoms with van der Waals surface area (Å²) in [4.78, 5) is 30.0. The Balaban J connectivity index is 1.52. The topological polar surface area (TPSA) is 97.8 Å². The Hall–Kier alpha value is -3.23. The highest BCUT2D eigenvalue weighted by Crippen LogP contribution is 2.30. The lowest BCUT2D eigenvalue weighted by molar-refractivity contribution is -0.153. The average molecular weight is 523 g/mol. The lowest BCUT2D eigenvalue weighted by atomic mass is 10.0. The molecule has 1 saturated carbocycles. The number of rotatable bonds is 11. The van der Waals surface area contributed by atoms with Crippen LogP contribution in [0, 0.1) is 6.92 Å². The van der Waals surface area contributed by atoms with E-state index in [1.807, 2.05) is 69.3 Å². The van der Waals surface area contributed by atoms with Gasteiger partial charge in [-0.2, -0.15) is 0 Å². The second-order valence-corrected chi connectivity index (χ2v) is 10.7. The minimum absolute atomic E-state index is 0.161. The number of benzene rings is 2. The highest BCUT2D eigenvalue weighted by atomic mass is 32.1. The van der Waals surface area contributed by atoms with Gasteiger partial charge in [0.2, 0.25) is 0 Å². The van der Waals surface area contributed by atoms with Gasteiger partial charge < -0.3 is 19.9 Å². The normalized spacial score (nSPS) is 14.6. The van der Waals surface area contributed by atoms with Crippen molar-refractivity contribution >= 4 is 23.2 Å². The molecular weight excluding hydrogens is 488 g/mol. The zero-order valence-corrected chi connectivity index (χ0v) is 22.3. The smallest absolute Gasteiger partial charge is 0.333 e. The van der Waals surface area contributed by atoms with Crippen LogP contribution in [-0.2, 0) is 22.5 Å². The Labute approximate surface area is 221 Å². The molecule has 1 unspecified atom stereocenters. The Bertz CT molecular complexity index is 1220. The van der Waals surface area contributed by atoms with E-state index in [1.165, 1.54) is 11.3 Å². The quantitative estimate of drug-likeness (QED) is 0.331. The van der Waals surface area contributed by atoms with Crippen molar-refractivity contribution in [3.8, 4) is 16.3 Å². The molecule has 37 heavy (non-hydrogen) atoms. The summed E-state index contributed by atoms with van der Waals surface area (Å²) < 4.78 is 11.9. The molecule has 0 radical (unpaired) electrons. The number of nitrogens with one attached hydrogen (secondary N) is 1. The number of aliphatic carboxylic acids is 1. The number of carboxylic acid groups (broad SMARTS) is 1. The minimum Gasteiger partial charge on any atom is -0.490 e. The number of nitrogens with zero attached hydrogens (tertiary/aromatic N) is 1. The van der Waals surface area contributed by atoms with Crippen LogP contribution in [-0.4, -0.2) is 40.3 Å². The molecule has 0 aliphatic heterocycles. The SMILES string of the molecule is Cc1nc(-c2ccccc2)sc1C(=O)NCc1cc(CC(OC(C)C)C(=O)O)ccc1OC1CCCC1. The van der Waals surface area contributed by atoms with Crippen LogP contribution in [0.15, 0.2) is 48.5 Å². The molecule has 3 aromatic rings. The molecule has 0 spiro atoms. The van der Waals surface area contributed by atoms with E-state index in [0.717, 1.165) is 53.1 Å². The summed E-state index contributed by atoms with van der Waals surface area (Å²) in [6, 6.07) is 15.5. The Morgan fingerprint density at radius 1 is 1.14 bits per heavy atom. The van der Waals surface area contributed by atoms with E-state index in [0.29, 0.717) is 10.6 Å². The Morgan fingerprint density at radius 2 is 1.86 bits per heavy atom. The monoisotopic (exact) mass is 522 g/mol. The van der Waals surface area contributed by atoms with Crippen molar-refractivity contribution in [2.75, 3.05) is 0 Å². The van der Waals surface area contributed by atoms with Crippen LogP contribution in [0.5, 0.6) is 5.75 Å². The highest BCUT2D eigenvalue weighted by molar-refractivity contribution is 7.17. The first-order valence-electron chi connectivity index (χ1n) is 12.8. The van der Waals surface area contributed by atoms with E-state index in [9.17, 15) is 14.7 Å². The number of aryl methyl sites for hydroxylation is 1. The number of carbonyl (C=O) groups is 2. The first-order valence-corrected chi connectivity index (χ1v) is 13.6. The van der Waals surface area contributed by atoms with Gasteiger partial charge in [0, 0.05) is 24.1 Å². The van der Waals surface area contributed by atoms with E-state index in [4.69, 9.17) is 9.47 Å². The summed E-state index contributed by atoms with van der Waals surface area (Å²) in [5.41, 5.74) is 3.30. The van der Waals surface area contributed by atoms with Crippen molar-refractivity contribution in [2.24, 2.45) is 0 Å². The van der Waals surface area contributed by atoms with Gasteiger partial charge in [-0.05, 0) is 58.1 Å². The van der Waals surface area contributed by atoms with Gasteiger partial charge in [-0.1, -0.05) is 42.5 Å². The molecule has 0 bridgehead atoms. The van der Waals surface area contributed by atoms with Gasteiger partial charge in [0.15, 0.2) is 6.10 Å². The Kier molecular flexibility index (Phi) is 8.95. The van der Waals surface area contributed by atoms with E-state index >= 15 is 0 Å². The standard InChI is InChI=1S/C29H34N2O5S/c1-18(2)35-25(29(33)34)16-20-13-14-24(36-23-11-7-8-12-23)22(15-20)17-30-27(32)26-19(3)31-28(37-26)21-9-5-4-6-10-21/h4-6,9-10,13-15,18,23,25H,7-8,11-12,16-17H2,1-3H3,(H,30,32)(H,33,34). The van der Waals surface area contributed by atoms with Crippen LogP contribution in [0.4, 0.5) is 0 Å². The average Bonchev–Trinajstić information content (AvgIpc) is 3.53. The number of ether oxygens (including phenoxy) is 2. The van der Waals surface area contributed by atoms with Gasteiger partial charge in [0.1, 0.15) is 15.6 Å². The van der Waals surface area contributed by atoms with Crippen LogP contribution in [0.2, 0.25) is 0 Å². The van der Waals surface area contributed by atoms with Gasteiger partial charge in [0.05, 0.1) is 17.9 Å². The lowest BCUT2D eigenvalue weighted by Crippen LogP contribution is -2.29. The summed E-state index contributed by atoms with van der Waals surface area (Å²) in [5.74, 6) is -0.468. The van der Waals surface area contributed by atoms with Gasteiger partial charge >= 0.3 is 5.97 Å². The molecule has 1 fully saturated rings. The second kappa shape index (κ2) is 12.3. The third kappa shape index (κ3) is 7.17. The van der Waals surface area contributed by atoms with Gasteiger partial charge in [-0.15, -0.1) is 11.3 Å². The van der Waals surface area contributed by atoms with E-state index in [-0.39, 0.29) is 31.1 Å². The zero-order valence-electron chi connectivity index (χ0n) is 21.5. The number of hydrogen-bond donors (Lipinski definition) is 2. The predicted molar refractivity (Wildman–Crippen MR) is 144 cm³/mol. The molecule has 196 valence electrons. The molecule has 2 N–H and O–H groups in total. The zero-order chi connectivity index (χ0) is 26.4. The van der Waals surface area contributed by atoms with E-state index < -0.39 is 12.1 Å².